The van der Waals surface area contributed by atoms with Crippen LogP contribution in [0.2, 0.25) is 0 Å². The number of benzene rings is 1. The monoisotopic (exact) mass is 317 g/mol. The van der Waals surface area contributed by atoms with Gasteiger partial charge in [0.2, 0.25) is 5.88 Å². The van der Waals surface area contributed by atoms with Gasteiger partial charge in [0.05, 0.1) is 11.9 Å². The number of halogens is 1. The van der Waals surface area contributed by atoms with E-state index in [4.69, 9.17) is 16.8 Å². The highest BCUT2D eigenvalue weighted by atomic mass is 35.5. The first kappa shape index (κ1) is 14.5. The Morgan fingerprint density at radius 1 is 1.35 bits per heavy atom. The van der Waals surface area contributed by atoms with Crippen molar-refractivity contribution in [3.63, 3.8) is 0 Å². The van der Waals surface area contributed by atoms with Crippen molar-refractivity contribution < 1.29 is 18.1 Å². The molecular formula is C9H9ClN5O4P. The summed E-state index contributed by atoms with van der Waals surface area (Å²) in [6.07, 6.45) is 1.40. The Morgan fingerprint density at radius 2 is 2.15 bits per heavy atom. The van der Waals surface area contributed by atoms with Gasteiger partial charge in [-0.05, 0) is 16.5 Å². The summed E-state index contributed by atoms with van der Waals surface area (Å²) in [4.78, 5) is 11.8. The molecule has 1 aromatic carbocycles. The first-order chi connectivity index (χ1) is 9.61. The molecule has 0 bridgehead atoms. The van der Waals surface area contributed by atoms with Crippen LogP contribution in [-0.4, -0.2) is 30.5 Å². The van der Waals surface area contributed by atoms with Crippen LogP contribution in [-0.2, 0) is 8.64 Å². The molecule has 0 saturated carbocycles. The number of fused-ring (bicyclic) bond motifs is 1. The van der Waals surface area contributed by atoms with Crippen LogP contribution in [0.4, 0.5) is 0 Å². The molecule has 0 spiro atoms. The highest BCUT2D eigenvalue weighted by molar-refractivity contribution is 7.48. The SMILES string of the molecule is O=P(O)(OCl)Oc1cc2ccccc2[nH]1.c1nnn[nH]1. The minimum Gasteiger partial charge on any atom is -0.387 e. The van der Waals surface area contributed by atoms with E-state index in [1.165, 1.54) is 6.33 Å². The molecule has 3 N–H and O–H groups in total. The zero-order valence-corrected chi connectivity index (χ0v) is 11.5. The minimum atomic E-state index is -4.22. The van der Waals surface area contributed by atoms with E-state index in [0.29, 0.717) is 0 Å². The number of phosphoric ester groups is 1. The lowest BCUT2D eigenvalue weighted by molar-refractivity contribution is 0.297. The van der Waals surface area contributed by atoms with E-state index < -0.39 is 7.82 Å². The summed E-state index contributed by atoms with van der Waals surface area (Å²) in [5.74, 6) is 0.127. The van der Waals surface area contributed by atoms with Gasteiger partial charge in [-0.25, -0.2) is 9.66 Å². The van der Waals surface area contributed by atoms with Gasteiger partial charge in [-0.15, -0.1) is 5.10 Å². The maximum absolute atomic E-state index is 11.0. The van der Waals surface area contributed by atoms with E-state index in [-0.39, 0.29) is 5.88 Å². The van der Waals surface area contributed by atoms with Gasteiger partial charge in [0.1, 0.15) is 6.33 Å². The second kappa shape index (κ2) is 6.49. The summed E-state index contributed by atoms with van der Waals surface area (Å²) < 4.78 is 19.4. The molecule has 3 aromatic rings. The smallest absolute Gasteiger partial charge is 0.387 e. The summed E-state index contributed by atoms with van der Waals surface area (Å²) in [6.45, 7) is 0. The minimum absolute atomic E-state index is 0.127. The third-order valence-corrected chi connectivity index (χ3v) is 3.20. The number of aromatic amines is 2. The van der Waals surface area contributed by atoms with Gasteiger partial charge < -0.3 is 9.51 Å². The molecule has 0 aliphatic carbocycles. The van der Waals surface area contributed by atoms with Gasteiger partial charge in [0.25, 0.3) is 0 Å². The molecule has 0 fully saturated rings. The molecule has 0 saturated heterocycles. The highest BCUT2D eigenvalue weighted by Gasteiger charge is 2.23. The number of H-pyrrole nitrogens is 2. The quantitative estimate of drug-likeness (QED) is 0.631. The summed E-state index contributed by atoms with van der Waals surface area (Å²) in [7, 11) is -4.22. The Labute approximate surface area is 117 Å². The molecule has 11 heteroatoms. The second-order valence-electron chi connectivity index (χ2n) is 3.41. The molecule has 106 valence electrons. The van der Waals surface area contributed by atoms with E-state index in [9.17, 15) is 4.57 Å². The largest absolute Gasteiger partial charge is 0.545 e. The molecule has 1 atom stereocenters. The van der Waals surface area contributed by atoms with E-state index in [1.807, 2.05) is 24.3 Å². The van der Waals surface area contributed by atoms with Gasteiger partial charge in [0, 0.05) is 17.0 Å². The first-order valence-corrected chi connectivity index (χ1v) is 6.99. The van der Waals surface area contributed by atoms with Crippen LogP contribution in [0.1, 0.15) is 0 Å². The number of nitrogens with zero attached hydrogens (tertiary/aromatic N) is 3. The average Bonchev–Trinajstić information content (AvgIpc) is 3.10. The number of tetrazole rings is 1. The molecule has 2 aromatic heterocycles. The standard InChI is InChI=1S/C8H7ClNO4P.CH2N4/c9-14-15(11,12)13-8-5-6-3-1-2-4-7(6)10-8;1-2-4-5-3-1/h1-5,10H,(H,11,12);1H,(H,2,3,4,5). The van der Waals surface area contributed by atoms with Crippen LogP contribution < -0.4 is 4.52 Å². The predicted molar refractivity (Wildman–Crippen MR) is 69.9 cm³/mol. The molecule has 0 aliphatic heterocycles. The molecule has 9 nitrogen and oxygen atoms in total. The lowest BCUT2D eigenvalue weighted by Crippen LogP contribution is -1.90. The summed E-state index contributed by atoms with van der Waals surface area (Å²) in [6, 6.07) is 8.90. The molecule has 1 unspecified atom stereocenters. The van der Waals surface area contributed by atoms with E-state index in [2.05, 4.69) is 34.2 Å². The van der Waals surface area contributed by atoms with Gasteiger partial charge in [0.15, 0.2) is 0 Å². The zero-order chi connectivity index (χ0) is 14.4. The number of rotatable bonds is 3. The summed E-state index contributed by atoms with van der Waals surface area (Å²) >= 11 is 4.79. The summed E-state index contributed by atoms with van der Waals surface area (Å²) in [5, 5.41) is 13.0. The first-order valence-electron chi connectivity index (χ1n) is 5.18. The normalized spacial score (nSPS) is 13.3. The van der Waals surface area contributed by atoms with Crippen molar-refractivity contribution in [3.8, 4) is 5.88 Å². The predicted octanol–water partition coefficient (Wildman–Crippen LogP) is 2.02. The maximum atomic E-state index is 11.0. The third-order valence-electron chi connectivity index (χ3n) is 2.08. The number of aromatic nitrogens is 5. The summed E-state index contributed by atoms with van der Waals surface area (Å²) in [5.41, 5.74) is 0.794. The Hall–Kier alpha value is -1.93. The molecule has 0 amide bonds. The van der Waals surface area contributed by atoms with E-state index >= 15 is 0 Å². The molecule has 2 heterocycles. The lowest BCUT2D eigenvalue weighted by atomic mass is 10.3. The van der Waals surface area contributed by atoms with Crippen LogP contribution in [0.25, 0.3) is 10.9 Å². The topological polar surface area (TPSA) is 126 Å². The number of nitrogens with one attached hydrogen (secondary N) is 2. The number of phosphoric acid groups is 1. The Bertz CT molecular complexity index is 653. The molecule has 3 rings (SSSR count). The molecule has 0 aliphatic rings. The fourth-order valence-electron chi connectivity index (χ4n) is 1.36. The van der Waals surface area contributed by atoms with Gasteiger partial charge >= 0.3 is 7.82 Å². The van der Waals surface area contributed by atoms with Gasteiger partial charge in [-0.3, -0.25) is 4.89 Å². The third kappa shape index (κ3) is 4.04. The number of para-hydroxylation sites is 1. The van der Waals surface area contributed by atoms with Crippen molar-refractivity contribution in [1.29, 1.82) is 0 Å². The van der Waals surface area contributed by atoms with Crippen molar-refractivity contribution in [1.82, 2.24) is 25.6 Å². The van der Waals surface area contributed by atoms with E-state index in [0.717, 1.165) is 10.9 Å². The molecular weight excluding hydrogens is 309 g/mol. The van der Waals surface area contributed by atoms with Crippen molar-refractivity contribution in [2.75, 3.05) is 0 Å². The Morgan fingerprint density at radius 3 is 2.70 bits per heavy atom. The fourth-order valence-corrected chi connectivity index (χ4v) is 1.82. The Balaban J connectivity index is 0.000000247. The van der Waals surface area contributed by atoms with Gasteiger partial charge in [-0.1, -0.05) is 18.2 Å². The van der Waals surface area contributed by atoms with Crippen LogP contribution >= 0.6 is 19.7 Å². The lowest BCUT2D eigenvalue weighted by Gasteiger charge is -2.05. The highest BCUT2D eigenvalue weighted by Crippen LogP contribution is 2.45. The second-order valence-corrected chi connectivity index (χ2v) is 5.08. The van der Waals surface area contributed by atoms with Crippen LogP contribution in [0.15, 0.2) is 36.7 Å². The van der Waals surface area contributed by atoms with Crippen molar-refractivity contribution in [3.05, 3.63) is 36.7 Å². The van der Waals surface area contributed by atoms with E-state index in [1.54, 1.807) is 6.07 Å². The van der Waals surface area contributed by atoms with Crippen molar-refractivity contribution >= 4 is 30.6 Å². The number of hydrogen-bond donors (Lipinski definition) is 3. The maximum Gasteiger partial charge on any atom is 0.545 e. The van der Waals surface area contributed by atoms with Gasteiger partial charge in [-0.2, -0.15) is 4.08 Å². The van der Waals surface area contributed by atoms with Crippen molar-refractivity contribution in [2.24, 2.45) is 0 Å². The van der Waals surface area contributed by atoms with Crippen LogP contribution in [0.3, 0.4) is 0 Å². The van der Waals surface area contributed by atoms with Crippen LogP contribution in [0.5, 0.6) is 5.88 Å². The molecule has 20 heavy (non-hydrogen) atoms. The van der Waals surface area contributed by atoms with Crippen LogP contribution in [0, 0.1) is 0 Å². The fraction of sp³-hybridized carbons (Fsp3) is 0. The average molecular weight is 318 g/mol. The number of hydrogen-bond acceptors (Lipinski definition) is 6. The zero-order valence-electron chi connectivity index (χ0n) is 9.80. The molecule has 0 radical (unpaired) electrons. The Kier molecular flexibility index (Phi) is 4.70. The van der Waals surface area contributed by atoms with Crippen molar-refractivity contribution in [2.45, 2.75) is 0 Å².